The van der Waals surface area contributed by atoms with Crippen LogP contribution < -0.4 is 0 Å². The molecule has 0 heterocycles. The summed E-state index contributed by atoms with van der Waals surface area (Å²) in [6.45, 7) is 6.57. The van der Waals surface area contributed by atoms with Crippen LogP contribution in [0.1, 0.15) is 138 Å². The van der Waals surface area contributed by atoms with Crippen molar-refractivity contribution in [3.05, 3.63) is 129 Å². The van der Waals surface area contributed by atoms with E-state index < -0.39 is 34.1 Å². The van der Waals surface area contributed by atoms with Gasteiger partial charge in [-0.1, -0.05) is 0 Å². The maximum atomic E-state index is 14.4. The summed E-state index contributed by atoms with van der Waals surface area (Å²) in [5, 5.41) is 0. The summed E-state index contributed by atoms with van der Waals surface area (Å²) in [5.74, 6) is -1.43. The van der Waals surface area contributed by atoms with Crippen LogP contribution in [0, 0.1) is 11.8 Å². The average molecular weight is 934 g/mol. The fourth-order valence-electron chi connectivity index (χ4n) is 11.9. The van der Waals surface area contributed by atoms with Crippen molar-refractivity contribution in [3.63, 3.8) is 0 Å². The van der Waals surface area contributed by atoms with Gasteiger partial charge in [0, 0.05) is 0 Å². The molecule has 4 aliphatic rings. The monoisotopic (exact) mass is 931 g/mol. The Morgan fingerprint density at radius 3 is 1.39 bits per heavy atom. The van der Waals surface area contributed by atoms with Crippen LogP contribution in [-0.2, 0) is 28.4 Å². The summed E-state index contributed by atoms with van der Waals surface area (Å²) in [7, 11) is 18.0. The van der Waals surface area contributed by atoms with Gasteiger partial charge in [0.2, 0.25) is 0 Å². The van der Waals surface area contributed by atoms with Crippen molar-refractivity contribution in [2.24, 2.45) is 11.8 Å². The molecule has 0 spiro atoms. The Morgan fingerprint density at radius 2 is 1.02 bits per heavy atom. The van der Waals surface area contributed by atoms with Gasteiger partial charge < -0.3 is 0 Å². The van der Waals surface area contributed by atoms with Crippen molar-refractivity contribution in [3.8, 4) is 22.3 Å². The number of benzene rings is 4. The summed E-state index contributed by atoms with van der Waals surface area (Å²) >= 11 is -5.63. The van der Waals surface area contributed by atoms with Crippen molar-refractivity contribution in [1.82, 2.24) is 0 Å². The van der Waals surface area contributed by atoms with Crippen molar-refractivity contribution >= 4 is 35.1 Å². The van der Waals surface area contributed by atoms with E-state index in [-0.39, 0.29) is 13.3 Å². The topological polar surface area (TPSA) is 0 Å². The first kappa shape index (κ1) is 43.5. The molecule has 4 aromatic carbocycles. The summed E-state index contributed by atoms with van der Waals surface area (Å²) < 4.78 is 42.8. The zero-order chi connectivity index (χ0) is 41.4. The molecule has 59 heavy (non-hydrogen) atoms. The van der Waals surface area contributed by atoms with Gasteiger partial charge in [0.1, 0.15) is 0 Å². The molecule has 3 atom stereocenters. The Labute approximate surface area is 360 Å². The Hall–Kier alpha value is -2.17. The first-order chi connectivity index (χ1) is 28.4. The summed E-state index contributed by atoms with van der Waals surface area (Å²) in [4.78, 5) is 0. The average Bonchev–Trinajstić information content (AvgIpc) is 4.05. The zero-order valence-electron chi connectivity index (χ0n) is 35.3. The molecule has 0 amide bonds. The van der Waals surface area contributed by atoms with E-state index in [0.717, 1.165) is 38.5 Å². The zero-order valence-corrected chi connectivity index (χ0v) is 40.5. The van der Waals surface area contributed by atoms with Gasteiger partial charge in [-0.2, -0.15) is 0 Å². The summed E-state index contributed by atoms with van der Waals surface area (Å²) in [6.07, 6.45) is 15.5. The third kappa shape index (κ3) is 8.77. The van der Waals surface area contributed by atoms with E-state index in [0.29, 0.717) is 11.8 Å². The standard InChI is InChI=1S/2C24H27.C4H8F3Si.2ClH.Zr/c2*1-2-6-18-11-13-21(14-12-18)23-10-5-9-22-16-20(17-24(22)23)15-19-7-3-4-8-19;1-8-3-2-4(5,6)7;;;/h2*5,9-14,16-17,19H,2-4,6-8,15H2,1H3;8H,2-3H2,1H3;2*1H;/q;;;;;+2/p-2. The van der Waals surface area contributed by atoms with E-state index in [1.165, 1.54) is 118 Å². The molecule has 7 heteroatoms. The van der Waals surface area contributed by atoms with Crippen molar-refractivity contribution in [2.75, 3.05) is 0 Å². The molecule has 3 unspecified atom stereocenters. The van der Waals surface area contributed by atoms with Gasteiger partial charge in [0.05, 0.1) is 0 Å². The predicted molar refractivity (Wildman–Crippen MR) is 247 cm³/mol. The van der Waals surface area contributed by atoms with Crippen molar-refractivity contribution in [2.45, 2.75) is 136 Å². The normalized spacial score (nSPS) is 20.9. The first-order valence-electron chi connectivity index (χ1n) is 22.9. The maximum absolute atomic E-state index is 14.4. The predicted octanol–water partition coefficient (Wildman–Crippen LogP) is 17.0. The van der Waals surface area contributed by atoms with Crippen LogP contribution in [-0.4, -0.2) is 12.1 Å². The SMILES string of the molecule is CCCc1ccc(-c2cccc3c2C=C(CC2CCCC2)[CH]3[Zr]([Cl])([Cl])([CH]2C(CC3CCCC3)=Cc3c(-c4ccc(CCC)cc4)cccc32)[SiH](C)CCC(F)(F)F)cc1. The van der Waals surface area contributed by atoms with Gasteiger partial charge in [0.15, 0.2) is 0 Å². The molecule has 0 aliphatic heterocycles. The third-order valence-electron chi connectivity index (χ3n) is 14.8. The molecule has 313 valence electrons. The van der Waals surface area contributed by atoms with Crippen LogP contribution >= 0.6 is 17.0 Å². The van der Waals surface area contributed by atoms with Gasteiger partial charge in [0.25, 0.3) is 0 Å². The number of alkyl halides is 3. The molecule has 4 aromatic rings. The Balaban J connectivity index is 1.34. The molecular weight excluding hydrogens is 872 g/mol. The molecule has 2 saturated carbocycles. The number of hydrogen-bond donors (Lipinski definition) is 0. The fraction of sp³-hybridized carbons (Fsp3) is 0.462. The second-order valence-corrected chi connectivity index (χ2v) is 60.1. The number of allylic oxidation sites excluding steroid dienone is 2. The Kier molecular flexibility index (Phi) is 13.2. The molecule has 0 bridgehead atoms. The third-order valence-corrected chi connectivity index (χ3v) is 65.0. The molecule has 0 N–H and O–H groups in total. The van der Waals surface area contributed by atoms with E-state index in [1.54, 1.807) is 0 Å². The van der Waals surface area contributed by atoms with E-state index in [4.69, 9.17) is 17.0 Å². The quantitative estimate of drug-likeness (QED) is 0.104. The van der Waals surface area contributed by atoms with Crippen LogP contribution in [0.25, 0.3) is 34.4 Å². The van der Waals surface area contributed by atoms with Crippen LogP contribution in [0.5, 0.6) is 0 Å². The molecule has 0 nitrogen and oxygen atoms in total. The van der Waals surface area contributed by atoms with E-state index >= 15 is 0 Å². The van der Waals surface area contributed by atoms with Gasteiger partial charge in [-0.15, -0.1) is 0 Å². The number of fused-ring (bicyclic) bond motifs is 2. The van der Waals surface area contributed by atoms with E-state index in [9.17, 15) is 13.2 Å². The fourth-order valence-corrected chi connectivity index (χ4v) is 51.9. The molecule has 8 rings (SSSR count). The van der Waals surface area contributed by atoms with E-state index in [2.05, 4.69) is 117 Å². The number of aryl methyl sites for hydroxylation is 2. The Morgan fingerprint density at radius 1 is 0.610 bits per heavy atom. The molecule has 0 saturated heterocycles. The molecule has 2 fully saturated rings. The van der Waals surface area contributed by atoms with Gasteiger partial charge in [-0.25, -0.2) is 0 Å². The van der Waals surface area contributed by atoms with Crippen molar-refractivity contribution < 1.29 is 28.7 Å². The second kappa shape index (κ2) is 17.9. The first-order valence-corrected chi connectivity index (χ1v) is 38.8. The number of halogens is 5. The van der Waals surface area contributed by atoms with Gasteiger partial charge in [-0.3, -0.25) is 0 Å². The number of rotatable bonds is 15. The second-order valence-electron chi connectivity index (χ2n) is 18.8. The Bertz CT molecular complexity index is 2030. The van der Waals surface area contributed by atoms with Crippen LogP contribution in [0.4, 0.5) is 13.2 Å². The van der Waals surface area contributed by atoms with E-state index in [1.807, 2.05) is 0 Å². The van der Waals surface area contributed by atoms with Crippen LogP contribution in [0.15, 0.2) is 96.1 Å². The van der Waals surface area contributed by atoms with Gasteiger partial charge >= 0.3 is 364 Å². The molecule has 0 radical (unpaired) electrons. The van der Waals surface area contributed by atoms with Crippen LogP contribution in [0.3, 0.4) is 0 Å². The minimum atomic E-state index is -5.63. The number of hydrogen-bond acceptors (Lipinski definition) is 0. The molecule has 4 aliphatic carbocycles. The molecule has 0 aromatic heterocycles. The van der Waals surface area contributed by atoms with Crippen molar-refractivity contribution in [1.29, 1.82) is 0 Å². The van der Waals surface area contributed by atoms with Crippen LogP contribution in [0.2, 0.25) is 12.6 Å². The van der Waals surface area contributed by atoms with Gasteiger partial charge in [-0.05, 0) is 0 Å². The summed E-state index contributed by atoms with van der Waals surface area (Å²) in [5.41, 5.74) is 14.7. The minimum absolute atomic E-state index is 0.0734. The molecular formula is C52H62Cl2F3SiZr. The summed E-state index contributed by atoms with van der Waals surface area (Å²) in [6, 6.07) is 31.3.